The van der Waals surface area contributed by atoms with E-state index in [1.807, 2.05) is 13.8 Å². The molecule has 102 valence electrons. The smallest absolute Gasteiger partial charge is 0.324 e. The summed E-state index contributed by atoms with van der Waals surface area (Å²) in [6.45, 7) is 10.7. The van der Waals surface area contributed by atoms with E-state index in [0.29, 0.717) is 6.61 Å². The van der Waals surface area contributed by atoms with Crippen LogP contribution in [-0.4, -0.2) is 27.7 Å². The van der Waals surface area contributed by atoms with Gasteiger partial charge in [-0.25, -0.2) is 0 Å². The monoisotopic (exact) mass is 254 g/mol. The zero-order valence-corrected chi connectivity index (χ0v) is 11.7. The molecule has 0 saturated heterocycles. The van der Waals surface area contributed by atoms with Crippen molar-refractivity contribution < 1.29 is 9.47 Å². The van der Waals surface area contributed by atoms with Gasteiger partial charge in [-0.2, -0.15) is 9.97 Å². The van der Waals surface area contributed by atoms with Gasteiger partial charge in [-0.05, 0) is 25.7 Å². The molecule has 18 heavy (non-hydrogen) atoms. The molecule has 0 fully saturated rings. The van der Waals surface area contributed by atoms with Gasteiger partial charge in [0.15, 0.2) is 0 Å². The van der Waals surface area contributed by atoms with Crippen LogP contribution in [0.25, 0.3) is 0 Å². The van der Waals surface area contributed by atoms with Crippen molar-refractivity contribution in [2.45, 2.75) is 47.1 Å². The molecule has 0 aliphatic heterocycles. The summed E-state index contributed by atoms with van der Waals surface area (Å²) in [4.78, 5) is 11.8. The highest BCUT2D eigenvalue weighted by Crippen LogP contribution is 2.19. The van der Waals surface area contributed by atoms with Gasteiger partial charge in [0.05, 0.1) is 12.7 Å². The highest BCUT2D eigenvalue weighted by Gasteiger charge is 2.12. The second kappa shape index (κ2) is 5.84. The Labute approximate surface area is 108 Å². The second-order valence-corrected chi connectivity index (χ2v) is 5.58. The van der Waals surface area contributed by atoms with E-state index in [1.165, 1.54) is 0 Å². The molecule has 1 heterocycles. The van der Waals surface area contributed by atoms with Crippen molar-refractivity contribution in [1.82, 2.24) is 15.0 Å². The topological polar surface area (TPSA) is 83.2 Å². The number of aromatic nitrogens is 3. The van der Waals surface area contributed by atoms with Crippen LogP contribution in [-0.2, 0) is 0 Å². The molecule has 0 radical (unpaired) electrons. The lowest BCUT2D eigenvalue weighted by Crippen LogP contribution is -2.14. The van der Waals surface area contributed by atoms with E-state index in [9.17, 15) is 0 Å². The first kappa shape index (κ1) is 14.5. The van der Waals surface area contributed by atoms with Gasteiger partial charge in [-0.3, -0.25) is 0 Å². The molecule has 1 aromatic rings. The van der Waals surface area contributed by atoms with Crippen LogP contribution in [0.15, 0.2) is 0 Å². The summed E-state index contributed by atoms with van der Waals surface area (Å²) in [7, 11) is 0. The summed E-state index contributed by atoms with van der Waals surface area (Å²) in [6.07, 6.45) is 0.883. The molecule has 0 unspecified atom stereocenters. The van der Waals surface area contributed by atoms with Crippen molar-refractivity contribution in [2.75, 3.05) is 12.3 Å². The van der Waals surface area contributed by atoms with Crippen LogP contribution in [0.2, 0.25) is 0 Å². The van der Waals surface area contributed by atoms with E-state index in [-0.39, 0.29) is 29.5 Å². The van der Waals surface area contributed by atoms with Crippen molar-refractivity contribution in [3.05, 3.63) is 0 Å². The Bertz CT molecular complexity index is 388. The van der Waals surface area contributed by atoms with Gasteiger partial charge in [-0.15, -0.1) is 4.98 Å². The lowest BCUT2D eigenvalue weighted by atomic mass is 9.93. The summed E-state index contributed by atoms with van der Waals surface area (Å²) in [5.74, 6) is 0.103. The molecule has 0 bridgehead atoms. The van der Waals surface area contributed by atoms with Gasteiger partial charge in [0, 0.05) is 0 Å². The summed E-state index contributed by atoms with van der Waals surface area (Å²) < 4.78 is 10.8. The normalized spacial score (nSPS) is 11.7. The summed E-state index contributed by atoms with van der Waals surface area (Å²) in [6, 6.07) is 0.408. The molecule has 0 aromatic carbocycles. The molecule has 6 heteroatoms. The average Bonchev–Trinajstić information content (AvgIpc) is 2.12. The van der Waals surface area contributed by atoms with Crippen LogP contribution in [0, 0.1) is 5.41 Å². The van der Waals surface area contributed by atoms with E-state index in [2.05, 4.69) is 35.7 Å². The van der Waals surface area contributed by atoms with Crippen LogP contribution in [0.4, 0.5) is 5.95 Å². The summed E-state index contributed by atoms with van der Waals surface area (Å²) in [5.41, 5.74) is 5.77. The van der Waals surface area contributed by atoms with Crippen LogP contribution < -0.4 is 15.2 Å². The predicted molar refractivity (Wildman–Crippen MR) is 69.6 cm³/mol. The largest absolute Gasteiger partial charge is 0.463 e. The third-order valence-corrected chi connectivity index (χ3v) is 2.04. The standard InChI is InChI=1S/C12H22N4O2/c1-8(2)18-11-15-9(13)14-10(16-11)17-7-6-12(3,4)5/h8H,6-7H2,1-5H3,(H2,13,14,15,16). The van der Waals surface area contributed by atoms with E-state index < -0.39 is 0 Å². The number of anilines is 1. The van der Waals surface area contributed by atoms with Crippen molar-refractivity contribution in [3.63, 3.8) is 0 Å². The molecule has 0 spiro atoms. The van der Waals surface area contributed by atoms with Gasteiger partial charge >= 0.3 is 12.0 Å². The van der Waals surface area contributed by atoms with E-state index >= 15 is 0 Å². The minimum Gasteiger partial charge on any atom is -0.463 e. The Hall–Kier alpha value is -1.59. The van der Waals surface area contributed by atoms with Crippen LogP contribution in [0.3, 0.4) is 0 Å². The van der Waals surface area contributed by atoms with E-state index in [0.717, 1.165) is 6.42 Å². The Kier molecular flexibility index (Phi) is 4.69. The fourth-order valence-corrected chi connectivity index (χ4v) is 1.13. The maximum absolute atomic E-state index is 5.57. The Balaban J connectivity index is 2.62. The molecule has 6 nitrogen and oxygen atoms in total. The maximum atomic E-state index is 5.57. The van der Waals surface area contributed by atoms with E-state index in [4.69, 9.17) is 15.2 Å². The fraction of sp³-hybridized carbons (Fsp3) is 0.750. The number of nitrogens with zero attached hydrogens (tertiary/aromatic N) is 3. The lowest BCUT2D eigenvalue weighted by molar-refractivity contribution is 0.203. The first-order chi connectivity index (χ1) is 8.26. The number of rotatable bonds is 5. The molecule has 0 saturated carbocycles. The minimum atomic E-state index is -0.0192. The van der Waals surface area contributed by atoms with Gasteiger partial charge in [0.25, 0.3) is 0 Å². The highest BCUT2D eigenvalue weighted by atomic mass is 16.5. The zero-order chi connectivity index (χ0) is 13.8. The minimum absolute atomic E-state index is 0.0192. The summed E-state index contributed by atoms with van der Waals surface area (Å²) >= 11 is 0. The zero-order valence-electron chi connectivity index (χ0n) is 11.7. The SMILES string of the molecule is CC(C)Oc1nc(N)nc(OCCC(C)(C)C)n1. The molecule has 0 amide bonds. The average molecular weight is 254 g/mol. The van der Waals surface area contributed by atoms with Crippen LogP contribution in [0.5, 0.6) is 12.0 Å². The number of hydrogen-bond donors (Lipinski definition) is 1. The first-order valence-corrected chi connectivity index (χ1v) is 6.07. The number of nitrogens with two attached hydrogens (primary N) is 1. The number of hydrogen-bond acceptors (Lipinski definition) is 6. The highest BCUT2D eigenvalue weighted by molar-refractivity contribution is 5.20. The fourth-order valence-electron chi connectivity index (χ4n) is 1.13. The molecule has 0 aliphatic carbocycles. The quantitative estimate of drug-likeness (QED) is 0.865. The molecule has 1 rings (SSSR count). The van der Waals surface area contributed by atoms with Gasteiger partial charge in [0.2, 0.25) is 5.95 Å². The third kappa shape index (κ3) is 5.65. The van der Waals surface area contributed by atoms with Gasteiger partial charge < -0.3 is 15.2 Å². The van der Waals surface area contributed by atoms with Crippen molar-refractivity contribution in [3.8, 4) is 12.0 Å². The Morgan fingerprint density at radius 2 is 1.72 bits per heavy atom. The lowest BCUT2D eigenvalue weighted by Gasteiger charge is -2.17. The predicted octanol–water partition coefficient (Wildman–Crippen LogP) is 2.06. The van der Waals surface area contributed by atoms with Crippen molar-refractivity contribution in [1.29, 1.82) is 0 Å². The van der Waals surface area contributed by atoms with Gasteiger partial charge in [0.1, 0.15) is 0 Å². The Morgan fingerprint density at radius 3 is 2.28 bits per heavy atom. The van der Waals surface area contributed by atoms with Crippen LogP contribution >= 0.6 is 0 Å². The maximum Gasteiger partial charge on any atom is 0.324 e. The van der Waals surface area contributed by atoms with Crippen molar-refractivity contribution in [2.24, 2.45) is 5.41 Å². The van der Waals surface area contributed by atoms with Crippen LogP contribution in [0.1, 0.15) is 41.0 Å². The molecule has 1 aromatic heterocycles. The molecular weight excluding hydrogens is 232 g/mol. The first-order valence-electron chi connectivity index (χ1n) is 6.07. The van der Waals surface area contributed by atoms with Gasteiger partial charge in [-0.1, -0.05) is 20.8 Å². The van der Waals surface area contributed by atoms with E-state index in [1.54, 1.807) is 0 Å². The second-order valence-electron chi connectivity index (χ2n) is 5.58. The summed E-state index contributed by atoms with van der Waals surface area (Å²) in [5, 5.41) is 0. The van der Waals surface area contributed by atoms with Crippen molar-refractivity contribution >= 4 is 5.95 Å². The molecule has 0 atom stereocenters. The third-order valence-electron chi connectivity index (χ3n) is 2.04. The molecular formula is C12H22N4O2. The number of nitrogen functional groups attached to an aromatic ring is 1. The molecule has 0 aliphatic rings. The Morgan fingerprint density at radius 1 is 1.11 bits per heavy atom. The molecule has 2 N–H and O–H groups in total. The number of ether oxygens (including phenoxy) is 2.